The van der Waals surface area contributed by atoms with Gasteiger partial charge in [0.2, 0.25) is 0 Å². The van der Waals surface area contributed by atoms with Gasteiger partial charge < -0.3 is 13.7 Å². The molecule has 0 atom stereocenters. The van der Waals surface area contributed by atoms with Crippen LogP contribution in [0, 0.1) is 0 Å². The number of anilines is 3. The molecule has 5 heteroatoms. The maximum atomic E-state index is 6.37. The quantitative estimate of drug-likeness (QED) is 0.215. The van der Waals surface area contributed by atoms with E-state index in [9.17, 15) is 0 Å². The van der Waals surface area contributed by atoms with Crippen LogP contribution in [0.4, 0.5) is 17.1 Å². The molecule has 3 aromatic heterocycles. The summed E-state index contributed by atoms with van der Waals surface area (Å²) in [5, 5.41) is 5.40. The third-order valence-corrected chi connectivity index (χ3v) is 9.02. The van der Waals surface area contributed by atoms with Gasteiger partial charge in [0.25, 0.3) is 0 Å². The number of rotatable bonds is 4. The Morgan fingerprint density at radius 1 is 0.500 bits per heavy atom. The number of hydrogen-bond donors (Lipinski definition) is 0. The SMILES string of the molecule is c1ccc(-c2nc3ccc4oc5ccc(N(c6ccccc6)c6ccc7oc8ccccc8c7c6)cc5c4c3s2)cc1. The van der Waals surface area contributed by atoms with Gasteiger partial charge in [-0.25, -0.2) is 4.98 Å². The van der Waals surface area contributed by atoms with Gasteiger partial charge in [-0.1, -0.05) is 66.7 Å². The standard InChI is InChI=1S/C37H22N2O2S/c1-3-9-23(10-4-1)37-38-30-17-20-34-35(36(30)42-37)29-22-26(16-19-33(29)41-34)39(24-11-5-2-6-12-24)25-15-18-32-28(21-25)27-13-7-8-14-31(27)40-32/h1-22H. The molecule has 9 rings (SSSR count). The van der Waals surface area contributed by atoms with Crippen molar-refractivity contribution in [3.63, 3.8) is 0 Å². The maximum absolute atomic E-state index is 6.37. The predicted octanol–water partition coefficient (Wildman–Crippen LogP) is 11.2. The van der Waals surface area contributed by atoms with Gasteiger partial charge in [0.1, 0.15) is 27.3 Å². The molecule has 4 nitrogen and oxygen atoms in total. The number of nitrogens with zero attached hydrogens (tertiary/aromatic N) is 2. The van der Waals surface area contributed by atoms with Gasteiger partial charge in [-0.3, -0.25) is 0 Å². The van der Waals surface area contributed by atoms with Crippen molar-refractivity contribution in [2.75, 3.05) is 4.90 Å². The molecule has 0 amide bonds. The Balaban J connectivity index is 1.27. The highest BCUT2D eigenvalue weighted by molar-refractivity contribution is 7.22. The zero-order valence-electron chi connectivity index (χ0n) is 22.3. The Kier molecular flexibility index (Phi) is 5.03. The van der Waals surface area contributed by atoms with Crippen LogP contribution in [0.2, 0.25) is 0 Å². The topological polar surface area (TPSA) is 42.4 Å². The van der Waals surface area contributed by atoms with Crippen molar-refractivity contribution in [2.45, 2.75) is 0 Å². The van der Waals surface area contributed by atoms with Gasteiger partial charge >= 0.3 is 0 Å². The summed E-state index contributed by atoms with van der Waals surface area (Å²) in [6, 6.07) is 46.0. The third-order valence-electron chi connectivity index (χ3n) is 7.88. The average molecular weight is 559 g/mol. The first-order valence-electron chi connectivity index (χ1n) is 13.9. The predicted molar refractivity (Wildman–Crippen MR) is 174 cm³/mol. The number of furan rings is 2. The van der Waals surface area contributed by atoms with E-state index in [1.165, 1.54) is 0 Å². The Hall–Kier alpha value is -5.39. The maximum Gasteiger partial charge on any atom is 0.137 e. The highest BCUT2D eigenvalue weighted by Gasteiger charge is 2.19. The number of benzene rings is 6. The first-order valence-corrected chi connectivity index (χ1v) is 14.7. The molecule has 198 valence electrons. The highest BCUT2D eigenvalue weighted by Crippen LogP contribution is 2.43. The molecule has 3 heterocycles. The first-order chi connectivity index (χ1) is 20.8. The molecule has 0 spiro atoms. The molecule has 0 bridgehead atoms. The second-order valence-electron chi connectivity index (χ2n) is 10.4. The van der Waals surface area contributed by atoms with Crippen LogP contribution in [-0.2, 0) is 0 Å². The first kappa shape index (κ1) is 23.3. The molecule has 6 aromatic carbocycles. The number of para-hydroxylation sites is 2. The van der Waals surface area contributed by atoms with Crippen molar-refractivity contribution in [3.8, 4) is 10.6 Å². The number of thiazole rings is 1. The molecular weight excluding hydrogens is 536 g/mol. The molecule has 0 aliphatic rings. The van der Waals surface area contributed by atoms with Crippen molar-refractivity contribution >= 4 is 82.5 Å². The molecule has 42 heavy (non-hydrogen) atoms. The number of hydrogen-bond acceptors (Lipinski definition) is 5. The summed E-state index contributed by atoms with van der Waals surface area (Å²) in [6.45, 7) is 0. The van der Waals surface area contributed by atoms with E-state index in [0.29, 0.717) is 0 Å². The molecular formula is C37H22N2O2S. The second kappa shape index (κ2) is 9.06. The lowest BCUT2D eigenvalue weighted by molar-refractivity contribution is 0.669. The van der Waals surface area contributed by atoms with Crippen molar-refractivity contribution in [2.24, 2.45) is 0 Å². The lowest BCUT2D eigenvalue weighted by Crippen LogP contribution is -2.09. The summed E-state index contributed by atoms with van der Waals surface area (Å²) < 4.78 is 13.6. The largest absolute Gasteiger partial charge is 0.456 e. The zero-order valence-corrected chi connectivity index (χ0v) is 23.1. The summed E-state index contributed by atoms with van der Waals surface area (Å²) in [5.41, 5.74) is 8.79. The van der Waals surface area contributed by atoms with Gasteiger partial charge in [-0.15, -0.1) is 11.3 Å². The minimum Gasteiger partial charge on any atom is -0.456 e. The monoisotopic (exact) mass is 558 g/mol. The van der Waals surface area contributed by atoms with E-state index in [0.717, 1.165) is 81.7 Å². The summed E-state index contributed by atoms with van der Waals surface area (Å²) in [4.78, 5) is 7.27. The lowest BCUT2D eigenvalue weighted by atomic mass is 10.1. The van der Waals surface area contributed by atoms with E-state index >= 15 is 0 Å². The fraction of sp³-hybridized carbons (Fsp3) is 0. The number of fused-ring (bicyclic) bond motifs is 8. The molecule has 9 aromatic rings. The fourth-order valence-electron chi connectivity index (χ4n) is 5.96. The lowest BCUT2D eigenvalue weighted by Gasteiger charge is -2.25. The van der Waals surface area contributed by atoms with Crippen molar-refractivity contribution in [1.29, 1.82) is 0 Å². The van der Waals surface area contributed by atoms with Crippen molar-refractivity contribution in [1.82, 2.24) is 4.98 Å². The molecule has 0 fully saturated rings. The second-order valence-corrected chi connectivity index (χ2v) is 11.4. The van der Waals surface area contributed by atoms with Gasteiger partial charge in [-0.2, -0.15) is 0 Å². The third kappa shape index (κ3) is 3.57. The fourth-order valence-corrected chi connectivity index (χ4v) is 7.08. The van der Waals surface area contributed by atoms with E-state index in [4.69, 9.17) is 13.8 Å². The van der Waals surface area contributed by atoms with E-state index in [1.54, 1.807) is 11.3 Å². The molecule has 0 saturated carbocycles. The van der Waals surface area contributed by atoms with Gasteiger partial charge in [0.05, 0.1) is 10.2 Å². The van der Waals surface area contributed by atoms with Gasteiger partial charge in [0.15, 0.2) is 0 Å². The van der Waals surface area contributed by atoms with Crippen LogP contribution in [0.25, 0.3) is 64.7 Å². The zero-order chi connectivity index (χ0) is 27.6. The molecule has 0 aliphatic heterocycles. The summed E-state index contributed by atoms with van der Waals surface area (Å²) in [6.07, 6.45) is 0. The minimum absolute atomic E-state index is 0.861. The smallest absolute Gasteiger partial charge is 0.137 e. The Labute approximate surface area is 244 Å². The molecule has 0 N–H and O–H groups in total. The van der Waals surface area contributed by atoms with Crippen LogP contribution in [0.15, 0.2) is 142 Å². The van der Waals surface area contributed by atoms with E-state index in [1.807, 2.05) is 30.3 Å². The van der Waals surface area contributed by atoms with Crippen LogP contribution in [0.5, 0.6) is 0 Å². The Morgan fingerprint density at radius 3 is 1.93 bits per heavy atom. The highest BCUT2D eigenvalue weighted by atomic mass is 32.1. The van der Waals surface area contributed by atoms with Crippen LogP contribution >= 0.6 is 11.3 Å². The van der Waals surface area contributed by atoms with Crippen LogP contribution in [0.3, 0.4) is 0 Å². The molecule has 0 unspecified atom stereocenters. The van der Waals surface area contributed by atoms with E-state index < -0.39 is 0 Å². The van der Waals surface area contributed by atoms with Crippen LogP contribution < -0.4 is 4.90 Å². The summed E-state index contributed by atoms with van der Waals surface area (Å²) in [5.74, 6) is 0. The minimum atomic E-state index is 0.861. The van der Waals surface area contributed by atoms with Gasteiger partial charge in [0, 0.05) is 44.2 Å². The molecule has 0 saturated heterocycles. The molecule has 0 aliphatic carbocycles. The number of aromatic nitrogens is 1. The van der Waals surface area contributed by atoms with Crippen molar-refractivity contribution < 1.29 is 8.83 Å². The molecule has 0 radical (unpaired) electrons. The van der Waals surface area contributed by atoms with E-state index in [2.05, 4.69) is 108 Å². The average Bonchev–Trinajstić information content (AvgIpc) is 3.75. The van der Waals surface area contributed by atoms with Crippen LogP contribution in [-0.4, -0.2) is 4.98 Å². The van der Waals surface area contributed by atoms with E-state index in [-0.39, 0.29) is 0 Å². The van der Waals surface area contributed by atoms with Crippen LogP contribution in [0.1, 0.15) is 0 Å². The van der Waals surface area contributed by atoms with Gasteiger partial charge in [-0.05, 0) is 66.7 Å². The summed E-state index contributed by atoms with van der Waals surface area (Å²) >= 11 is 1.71. The normalized spacial score (nSPS) is 11.8. The van der Waals surface area contributed by atoms with Crippen molar-refractivity contribution in [3.05, 3.63) is 133 Å². The Bertz CT molecular complexity index is 2420. The summed E-state index contributed by atoms with van der Waals surface area (Å²) in [7, 11) is 0. The Morgan fingerprint density at radius 2 is 1.12 bits per heavy atom.